The first-order chi connectivity index (χ1) is 13.4. The second kappa shape index (κ2) is 9.03. The van der Waals surface area contributed by atoms with Gasteiger partial charge < -0.3 is 15.4 Å². The summed E-state index contributed by atoms with van der Waals surface area (Å²) in [7, 11) is 1.78. The molecule has 7 heteroatoms. The minimum absolute atomic E-state index is 0.0658. The monoisotopic (exact) mass is 458 g/mol. The second-order valence-corrected chi connectivity index (χ2v) is 8.76. The predicted octanol–water partition coefficient (Wildman–Crippen LogP) is 4.46. The van der Waals surface area contributed by atoms with Crippen LogP contribution < -0.4 is 10.5 Å². The number of ether oxygens (including phenoxy) is 1. The molecule has 3 rings (SSSR count). The maximum atomic E-state index is 12.7. The van der Waals surface area contributed by atoms with Crippen molar-refractivity contribution in [2.45, 2.75) is 13.2 Å². The first-order valence-electron chi connectivity index (χ1n) is 8.54. The third-order valence-electron chi connectivity index (χ3n) is 4.09. The summed E-state index contributed by atoms with van der Waals surface area (Å²) in [5, 5.41) is 0. The molecule has 1 heterocycles. The summed E-state index contributed by atoms with van der Waals surface area (Å²) in [6, 6.07) is 18.1. The number of hydrogen-bond donors (Lipinski definition) is 1. The van der Waals surface area contributed by atoms with Crippen LogP contribution in [0.25, 0.3) is 0 Å². The van der Waals surface area contributed by atoms with Gasteiger partial charge in [0.15, 0.2) is 0 Å². The highest BCUT2D eigenvalue weighted by molar-refractivity contribution is 9.11. The second-order valence-electron chi connectivity index (χ2n) is 6.22. The molecule has 0 aliphatic carbocycles. The van der Waals surface area contributed by atoms with Crippen LogP contribution in [-0.4, -0.2) is 23.8 Å². The van der Waals surface area contributed by atoms with Crippen LogP contribution in [-0.2, 0) is 13.2 Å². The molecule has 0 aliphatic heterocycles. The summed E-state index contributed by atoms with van der Waals surface area (Å²) >= 11 is 5.04. The first kappa shape index (κ1) is 20.1. The van der Waals surface area contributed by atoms with Crippen LogP contribution in [0.4, 0.5) is 0 Å². The zero-order valence-corrected chi connectivity index (χ0v) is 17.6. The Balaban J connectivity index is 1.68. The van der Waals surface area contributed by atoms with E-state index in [1.54, 1.807) is 59.7 Å². The van der Waals surface area contributed by atoms with Gasteiger partial charge in [0.05, 0.1) is 15.9 Å². The van der Waals surface area contributed by atoms with Gasteiger partial charge in [-0.05, 0) is 57.9 Å². The highest BCUT2D eigenvalue weighted by Crippen LogP contribution is 2.24. The zero-order chi connectivity index (χ0) is 20.1. The molecule has 1 aromatic heterocycles. The number of nitrogens with two attached hydrogens (primary N) is 1. The van der Waals surface area contributed by atoms with Gasteiger partial charge in [0.2, 0.25) is 0 Å². The summed E-state index contributed by atoms with van der Waals surface area (Å²) in [6.07, 6.45) is 0. The molecule has 0 fully saturated rings. The number of primary amides is 1. The van der Waals surface area contributed by atoms with Gasteiger partial charge in [-0.3, -0.25) is 9.59 Å². The van der Waals surface area contributed by atoms with Crippen LogP contribution in [0.5, 0.6) is 5.75 Å². The van der Waals surface area contributed by atoms with Crippen LogP contribution in [0.2, 0.25) is 0 Å². The molecule has 0 aliphatic rings. The Morgan fingerprint density at radius 1 is 1.11 bits per heavy atom. The average molecular weight is 459 g/mol. The van der Waals surface area contributed by atoms with Crippen molar-refractivity contribution >= 4 is 39.1 Å². The summed E-state index contributed by atoms with van der Waals surface area (Å²) in [6.45, 7) is 0.773. The van der Waals surface area contributed by atoms with Crippen LogP contribution in [0.15, 0.2) is 64.5 Å². The van der Waals surface area contributed by atoms with Crippen LogP contribution >= 0.6 is 27.3 Å². The fourth-order valence-corrected chi connectivity index (χ4v) is 4.25. The van der Waals surface area contributed by atoms with Gasteiger partial charge in [-0.15, -0.1) is 11.3 Å². The van der Waals surface area contributed by atoms with Crippen molar-refractivity contribution < 1.29 is 14.3 Å². The van der Waals surface area contributed by atoms with Crippen molar-refractivity contribution in [1.82, 2.24) is 4.90 Å². The molecule has 144 valence electrons. The number of rotatable bonds is 7. The normalized spacial score (nSPS) is 10.5. The van der Waals surface area contributed by atoms with Crippen molar-refractivity contribution in [1.29, 1.82) is 0 Å². The van der Waals surface area contributed by atoms with Crippen molar-refractivity contribution in [3.63, 3.8) is 0 Å². The molecule has 0 saturated carbocycles. The third kappa shape index (κ3) is 4.99. The molecule has 0 saturated heterocycles. The van der Waals surface area contributed by atoms with E-state index in [4.69, 9.17) is 10.5 Å². The molecule has 0 bridgehead atoms. The maximum absolute atomic E-state index is 12.7. The van der Waals surface area contributed by atoms with Crippen molar-refractivity contribution in [3.05, 3.63) is 86.0 Å². The van der Waals surface area contributed by atoms with Crippen LogP contribution in [0.1, 0.15) is 31.2 Å². The predicted molar refractivity (Wildman–Crippen MR) is 114 cm³/mol. The van der Waals surface area contributed by atoms with Crippen molar-refractivity contribution in [2.24, 2.45) is 5.73 Å². The Labute approximate surface area is 175 Å². The molecule has 28 heavy (non-hydrogen) atoms. The van der Waals surface area contributed by atoms with E-state index in [9.17, 15) is 9.59 Å². The molecule has 0 radical (unpaired) electrons. The Hall–Kier alpha value is -2.64. The molecular weight excluding hydrogens is 440 g/mol. The average Bonchev–Trinajstić information content (AvgIpc) is 3.10. The molecule has 0 atom stereocenters. The molecule has 2 N–H and O–H groups in total. The van der Waals surface area contributed by atoms with Gasteiger partial charge in [0.1, 0.15) is 12.4 Å². The largest absolute Gasteiger partial charge is 0.488 e. The van der Waals surface area contributed by atoms with Crippen LogP contribution in [0, 0.1) is 0 Å². The molecular formula is C21H19BrN2O3S. The molecule has 0 spiro atoms. The fourth-order valence-electron chi connectivity index (χ4n) is 2.71. The van der Waals surface area contributed by atoms with E-state index >= 15 is 0 Å². The maximum Gasteiger partial charge on any atom is 0.253 e. The molecule has 2 amide bonds. The summed E-state index contributed by atoms with van der Waals surface area (Å²) < 4.78 is 6.79. The minimum atomic E-state index is -0.540. The smallest absolute Gasteiger partial charge is 0.253 e. The quantitative estimate of drug-likeness (QED) is 0.567. The zero-order valence-electron chi connectivity index (χ0n) is 15.2. The molecule has 2 aromatic carbocycles. The number of benzene rings is 2. The highest BCUT2D eigenvalue weighted by atomic mass is 79.9. The molecule has 0 unspecified atom stereocenters. The molecule has 3 aromatic rings. The SMILES string of the molecule is CN(Cc1ccc(Br)s1)C(=O)c1cccc(COc2ccccc2C(N)=O)c1. The minimum Gasteiger partial charge on any atom is -0.488 e. The summed E-state index contributed by atoms with van der Waals surface area (Å²) in [4.78, 5) is 27.0. The third-order valence-corrected chi connectivity index (χ3v) is 5.70. The number of thiophene rings is 1. The lowest BCUT2D eigenvalue weighted by molar-refractivity contribution is 0.0786. The number of carbonyl (C=O) groups excluding carboxylic acids is 2. The Morgan fingerprint density at radius 2 is 1.89 bits per heavy atom. The first-order valence-corrected chi connectivity index (χ1v) is 10.2. The van der Waals surface area contributed by atoms with E-state index < -0.39 is 5.91 Å². The van der Waals surface area contributed by atoms with E-state index in [0.29, 0.717) is 23.4 Å². The van der Waals surface area contributed by atoms with Crippen LogP contribution in [0.3, 0.4) is 0 Å². The van der Waals surface area contributed by atoms with E-state index in [1.165, 1.54) is 0 Å². The Kier molecular flexibility index (Phi) is 6.49. The lowest BCUT2D eigenvalue weighted by Crippen LogP contribution is -2.25. The lowest BCUT2D eigenvalue weighted by atomic mass is 10.1. The van der Waals surface area contributed by atoms with E-state index in [2.05, 4.69) is 15.9 Å². The number of carbonyl (C=O) groups is 2. The van der Waals surface area contributed by atoms with Gasteiger partial charge in [0.25, 0.3) is 11.8 Å². The number of amides is 2. The van der Waals surface area contributed by atoms with E-state index in [0.717, 1.165) is 14.2 Å². The topological polar surface area (TPSA) is 72.6 Å². The van der Waals surface area contributed by atoms with E-state index in [1.807, 2.05) is 24.3 Å². The van der Waals surface area contributed by atoms with Crippen molar-refractivity contribution in [2.75, 3.05) is 7.05 Å². The lowest BCUT2D eigenvalue weighted by Gasteiger charge is -2.17. The fraction of sp³-hybridized carbons (Fsp3) is 0.143. The Morgan fingerprint density at radius 3 is 2.61 bits per heavy atom. The number of halogens is 1. The van der Waals surface area contributed by atoms with Gasteiger partial charge in [-0.2, -0.15) is 0 Å². The van der Waals surface area contributed by atoms with Gasteiger partial charge in [-0.25, -0.2) is 0 Å². The number of hydrogen-bond acceptors (Lipinski definition) is 4. The molecule has 5 nitrogen and oxygen atoms in total. The van der Waals surface area contributed by atoms with Gasteiger partial charge >= 0.3 is 0 Å². The number of para-hydroxylation sites is 1. The highest BCUT2D eigenvalue weighted by Gasteiger charge is 2.14. The summed E-state index contributed by atoms with van der Waals surface area (Å²) in [5.74, 6) is -0.183. The van der Waals surface area contributed by atoms with Gasteiger partial charge in [0, 0.05) is 17.5 Å². The van der Waals surface area contributed by atoms with E-state index in [-0.39, 0.29) is 12.5 Å². The van der Waals surface area contributed by atoms with Crippen molar-refractivity contribution in [3.8, 4) is 5.75 Å². The number of nitrogens with zero attached hydrogens (tertiary/aromatic N) is 1. The standard InChI is InChI=1S/C21H19BrN2O3S/c1-24(12-16-9-10-19(22)28-16)21(26)15-6-4-5-14(11-15)13-27-18-8-3-2-7-17(18)20(23)25/h2-11H,12-13H2,1H3,(H2,23,25). The Bertz CT molecular complexity index is 1000. The van der Waals surface area contributed by atoms with Gasteiger partial charge in [-0.1, -0.05) is 24.3 Å². The summed E-state index contributed by atoms with van der Waals surface area (Å²) in [5.41, 5.74) is 7.12.